The standard InChI is InChI=1S/C12H13Cl2N3O3S/c1-12(2)6-7-15-17(12)11(18)16-21(19,20)10-8(13)4-3-5-9(10)14/h3-5,7H,6H2,1-2H3,(H,16,18). The molecule has 21 heavy (non-hydrogen) atoms. The predicted octanol–water partition coefficient (Wildman–Crippen LogP) is 2.86. The van der Waals surface area contributed by atoms with Crippen molar-refractivity contribution in [2.45, 2.75) is 30.7 Å². The summed E-state index contributed by atoms with van der Waals surface area (Å²) in [6, 6.07) is 3.42. The Morgan fingerprint density at radius 1 is 1.33 bits per heavy atom. The van der Waals surface area contributed by atoms with Gasteiger partial charge in [-0.1, -0.05) is 29.3 Å². The van der Waals surface area contributed by atoms with Gasteiger partial charge >= 0.3 is 6.03 Å². The van der Waals surface area contributed by atoms with E-state index in [-0.39, 0.29) is 14.9 Å². The van der Waals surface area contributed by atoms with Crippen molar-refractivity contribution in [1.82, 2.24) is 9.73 Å². The van der Waals surface area contributed by atoms with Gasteiger partial charge in [0.2, 0.25) is 0 Å². The molecule has 6 nitrogen and oxygen atoms in total. The molecule has 1 aromatic carbocycles. The Bertz CT molecular complexity index is 696. The molecule has 1 heterocycles. The molecule has 114 valence electrons. The second-order valence-electron chi connectivity index (χ2n) is 5.09. The number of hydrazone groups is 1. The molecule has 0 aromatic heterocycles. The molecule has 0 fully saturated rings. The lowest BCUT2D eigenvalue weighted by atomic mass is 10.0. The highest BCUT2D eigenvalue weighted by Crippen LogP contribution is 2.29. The number of sulfonamides is 1. The van der Waals surface area contributed by atoms with Crippen molar-refractivity contribution in [3.63, 3.8) is 0 Å². The summed E-state index contributed by atoms with van der Waals surface area (Å²) in [6.07, 6.45) is 2.09. The number of hydrogen-bond acceptors (Lipinski definition) is 4. The highest BCUT2D eigenvalue weighted by molar-refractivity contribution is 7.90. The maximum absolute atomic E-state index is 12.3. The molecule has 0 bridgehead atoms. The first-order valence-corrected chi connectivity index (χ1v) is 8.22. The van der Waals surface area contributed by atoms with E-state index in [1.54, 1.807) is 20.1 Å². The summed E-state index contributed by atoms with van der Waals surface area (Å²) in [5.74, 6) is 0. The molecular formula is C12H13Cl2N3O3S. The Labute approximate surface area is 132 Å². The van der Waals surface area contributed by atoms with E-state index in [2.05, 4.69) is 5.10 Å². The van der Waals surface area contributed by atoms with Crippen LogP contribution in [-0.2, 0) is 10.0 Å². The van der Waals surface area contributed by atoms with E-state index in [9.17, 15) is 13.2 Å². The zero-order valence-corrected chi connectivity index (χ0v) is 13.6. The number of amides is 2. The van der Waals surface area contributed by atoms with E-state index in [0.717, 1.165) is 5.01 Å². The van der Waals surface area contributed by atoms with Crippen LogP contribution in [0.15, 0.2) is 28.2 Å². The Morgan fingerprint density at radius 3 is 2.38 bits per heavy atom. The number of rotatable bonds is 2. The van der Waals surface area contributed by atoms with Gasteiger partial charge in [-0.3, -0.25) is 0 Å². The summed E-state index contributed by atoms with van der Waals surface area (Å²) in [7, 11) is -4.19. The lowest BCUT2D eigenvalue weighted by molar-refractivity contribution is 0.159. The van der Waals surface area contributed by atoms with Crippen molar-refractivity contribution in [3.8, 4) is 0 Å². The summed E-state index contributed by atoms with van der Waals surface area (Å²) in [4.78, 5) is 11.8. The molecule has 2 rings (SSSR count). The largest absolute Gasteiger partial charge is 0.352 e. The molecular weight excluding hydrogens is 337 g/mol. The molecule has 2 amide bonds. The lowest BCUT2D eigenvalue weighted by Crippen LogP contribution is -2.47. The molecule has 0 saturated carbocycles. The van der Waals surface area contributed by atoms with E-state index in [0.29, 0.717) is 6.42 Å². The van der Waals surface area contributed by atoms with Gasteiger partial charge in [0.15, 0.2) is 0 Å². The number of carbonyl (C=O) groups is 1. The van der Waals surface area contributed by atoms with Gasteiger partial charge in [-0.15, -0.1) is 0 Å². The smallest absolute Gasteiger partial charge is 0.245 e. The Morgan fingerprint density at radius 2 is 1.90 bits per heavy atom. The molecule has 1 N–H and O–H groups in total. The zero-order valence-electron chi connectivity index (χ0n) is 11.3. The van der Waals surface area contributed by atoms with Crippen LogP contribution < -0.4 is 4.72 Å². The lowest BCUT2D eigenvalue weighted by Gasteiger charge is -2.28. The third-order valence-corrected chi connectivity index (χ3v) is 5.24. The number of carbonyl (C=O) groups excluding carboxylic acids is 1. The van der Waals surface area contributed by atoms with Crippen molar-refractivity contribution in [2.75, 3.05) is 0 Å². The van der Waals surface area contributed by atoms with Gasteiger partial charge in [-0.05, 0) is 26.0 Å². The predicted molar refractivity (Wildman–Crippen MR) is 81.2 cm³/mol. The summed E-state index contributed by atoms with van der Waals surface area (Å²) in [5.41, 5.74) is -0.593. The van der Waals surface area contributed by atoms with Gasteiger partial charge in [0.25, 0.3) is 10.0 Å². The molecule has 1 aliphatic heterocycles. The first-order valence-electron chi connectivity index (χ1n) is 5.98. The summed E-state index contributed by atoms with van der Waals surface area (Å²) in [5, 5.41) is 4.83. The van der Waals surface area contributed by atoms with E-state index < -0.39 is 21.6 Å². The summed E-state index contributed by atoms with van der Waals surface area (Å²) >= 11 is 11.7. The molecule has 9 heteroatoms. The molecule has 1 aromatic rings. The minimum absolute atomic E-state index is 0.0630. The minimum atomic E-state index is -4.19. The third-order valence-electron chi connectivity index (χ3n) is 2.96. The minimum Gasteiger partial charge on any atom is -0.245 e. The number of benzene rings is 1. The Hall–Kier alpha value is -1.31. The van der Waals surface area contributed by atoms with Gasteiger partial charge in [0.05, 0.1) is 15.6 Å². The van der Waals surface area contributed by atoms with Crippen LogP contribution in [0.25, 0.3) is 0 Å². The highest BCUT2D eigenvalue weighted by atomic mass is 35.5. The fourth-order valence-corrected chi connectivity index (χ4v) is 3.94. The van der Waals surface area contributed by atoms with Crippen molar-refractivity contribution < 1.29 is 13.2 Å². The molecule has 0 radical (unpaired) electrons. The van der Waals surface area contributed by atoms with E-state index >= 15 is 0 Å². The van der Waals surface area contributed by atoms with Crippen LogP contribution in [0.1, 0.15) is 20.3 Å². The van der Waals surface area contributed by atoms with Crippen molar-refractivity contribution in [2.24, 2.45) is 5.10 Å². The molecule has 0 aliphatic carbocycles. The molecule has 0 unspecified atom stereocenters. The topological polar surface area (TPSA) is 78.8 Å². The maximum atomic E-state index is 12.3. The first-order chi connectivity index (χ1) is 9.65. The van der Waals surface area contributed by atoms with Crippen LogP contribution >= 0.6 is 23.2 Å². The number of halogens is 2. The van der Waals surface area contributed by atoms with Crippen LogP contribution in [-0.4, -0.2) is 31.2 Å². The molecule has 0 spiro atoms. The normalized spacial score (nSPS) is 17.0. The maximum Gasteiger partial charge on any atom is 0.352 e. The highest BCUT2D eigenvalue weighted by Gasteiger charge is 2.36. The van der Waals surface area contributed by atoms with Crippen molar-refractivity contribution >= 4 is 45.5 Å². The van der Waals surface area contributed by atoms with Gasteiger partial charge in [0.1, 0.15) is 4.90 Å². The second kappa shape index (κ2) is 5.47. The fourth-order valence-electron chi connectivity index (χ4n) is 1.86. The second-order valence-corrected chi connectivity index (χ2v) is 7.52. The number of urea groups is 1. The van der Waals surface area contributed by atoms with Crippen LogP contribution in [0.2, 0.25) is 10.0 Å². The van der Waals surface area contributed by atoms with Crippen molar-refractivity contribution in [1.29, 1.82) is 0 Å². The first kappa shape index (κ1) is 16.1. The van der Waals surface area contributed by atoms with E-state index in [4.69, 9.17) is 23.2 Å². The number of hydrogen-bond donors (Lipinski definition) is 1. The molecule has 0 atom stereocenters. The van der Waals surface area contributed by atoms with E-state index in [1.807, 2.05) is 4.72 Å². The summed E-state index contributed by atoms with van der Waals surface area (Å²) < 4.78 is 26.5. The van der Waals surface area contributed by atoms with Crippen LogP contribution in [0.3, 0.4) is 0 Å². The Kier molecular flexibility index (Phi) is 4.19. The average Bonchev–Trinajstić information content (AvgIpc) is 2.67. The van der Waals surface area contributed by atoms with Crippen molar-refractivity contribution in [3.05, 3.63) is 28.2 Å². The van der Waals surface area contributed by atoms with Crippen LogP contribution in [0.4, 0.5) is 4.79 Å². The number of nitrogens with zero attached hydrogens (tertiary/aromatic N) is 2. The summed E-state index contributed by atoms with van der Waals surface area (Å²) in [6.45, 7) is 3.54. The third kappa shape index (κ3) is 3.14. The van der Waals surface area contributed by atoms with Gasteiger partial charge < -0.3 is 0 Å². The van der Waals surface area contributed by atoms with Gasteiger partial charge in [-0.25, -0.2) is 22.9 Å². The quantitative estimate of drug-likeness (QED) is 0.891. The molecule has 1 aliphatic rings. The van der Waals surface area contributed by atoms with Gasteiger partial charge in [-0.2, -0.15) is 5.10 Å². The zero-order chi connectivity index (χ0) is 15.8. The average molecular weight is 350 g/mol. The fraction of sp³-hybridized carbons (Fsp3) is 0.333. The SMILES string of the molecule is CC1(C)CC=NN1C(=O)NS(=O)(=O)c1c(Cl)cccc1Cl. The monoisotopic (exact) mass is 349 g/mol. The Balaban J connectivity index is 2.30. The van der Waals surface area contributed by atoms with Crippen LogP contribution in [0.5, 0.6) is 0 Å². The number of nitrogens with one attached hydrogen (secondary N) is 1. The molecule has 0 saturated heterocycles. The van der Waals surface area contributed by atoms with E-state index in [1.165, 1.54) is 18.2 Å². The van der Waals surface area contributed by atoms with Crippen LogP contribution in [0, 0.1) is 0 Å². The van der Waals surface area contributed by atoms with Gasteiger partial charge in [0, 0.05) is 12.6 Å².